The van der Waals surface area contributed by atoms with Gasteiger partial charge in [0, 0.05) is 18.4 Å². The molecule has 2 fully saturated rings. The summed E-state index contributed by atoms with van der Waals surface area (Å²) in [5, 5.41) is 4.21. The number of carbonyl (C=O) groups excluding carboxylic acids is 1. The fraction of sp³-hybridized carbons (Fsp3) is 0.474. The smallest absolute Gasteiger partial charge is 0.230 e. The highest BCUT2D eigenvalue weighted by atomic mass is 32.2. The van der Waals surface area contributed by atoms with E-state index in [1.807, 2.05) is 12.4 Å². The summed E-state index contributed by atoms with van der Waals surface area (Å²) in [6.45, 7) is 2.09. The molecule has 24 heavy (non-hydrogen) atoms. The van der Waals surface area contributed by atoms with Gasteiger partial charge in [0.1, 0.15) is 0 Å². The summed E-state index contributed by atoms with van der Waals surface area (Å²) in [5.41, 5.74) is 2.48. The monoisotopic (exact) mass is 341 g/mol. The summed E-state index contributed by atoms with van der Waals surface area (Å²) in [7, 11) is 0. The van der Waals surface area contributed by atoms with Crippen LogP contribution in [0, 0.1) is 12.8 Å². The lowest BCUT2D eigenvalue weighted by Gasteiger charge is -2.19. The predicted molar refractivity (Wildman–Crippen MR) is 96.0 cm³/mol. The molecule has 2 aromatic rings. The van der Waals surface area contributed by atoms with Crippen molar-refractivity contribution in [2.75, 3.05) is 5.75 Å². The second-order valence-electron chi connectivity index (χ2n) is 6.93. The Morgan fingerprint density at radius 1 is 1.29 bits per heavy atom. The number of carbonyl (C=O) groups is 1. The molecule has 1 aromatic heterocycles. The maximum Gasteiger partial charge on any atom is 0.230 e. The van der Waals surface area contributed by atoms with Crippen LogP contribution in [0.15, 0.2) is 41.8 Å². The molecule has 1 amide bonds. The minimum atomic E-state index is 0.0998. The molecule has 0 radical (unpaired) electrons. The minimum Gasteiger partial charge on any atom is -0.348 e. The van der Waals surface area contributed by atoms with E-state index in [0.717, 1.165) is 5.16 Å². The molecule has 0 saturated heterocycles. The normalized spacial score (nSPS) is 18.4. The fourth-order valence-corrected chi connectivity index (χ4v) is 3.90. The zero-order valence-electron chi connectivity index (χ0n) is 13.9. The van der Waals surface area contributed by atoms with Gasteiger partial charge in [-0.1, -0.05) is 41.6 Å². The number of imidazole rings is 1. The van der Waals surface area contributed by atoms with Crippen molar-refractivity contribution in [1.82, 2.24) is 14.9 Å². The van der Waals surface area contributed by atoms with Gasteiger partial charge in [-0.25, -0.2) is 4.98 Å². The van der Waals surface area contributed by atoms with Gasteiger partial charge in [-0.15, -0.1) is 0 Å². The van der Waals surface area contributed by atoms with E-state index in [-0.39, 0.29) is 11.9 Å². The SMILES string of the molecule is Cc1ccc(C(NC(=O)CSc2nccn2C2CC2)C2CC2)cc1. The Bertz CT molecular complexity index is 716. The van der Waals surface area contributed by atoms with Gasteiger partial charge < -0.3 is 9.88 Å². The van der Waals surface area contributed by atoms with Crippen LogP contribution in [-0.2, 0) is 4.79 Å². The van der Waals surface area contributed by atoms with E-state index in [1.54, 1.807) is 11.8 Å². The first-order valence-corrected chi connectivity index (χ1v) is 9.71. The van der Waals surface area contributed by atoms with Gasteiger partial charge in [-0.05, 0) is 44.1 Å². The van der Waals surface area contributed by atoms with Crippen LogP contribution in [0.5, 0.6) is 0 Å². The van der Waals surface area contributed by atoms with Gasteiger partial charge in [0.05, 0.1) is 11.8 Å². The average Bonchev–Trinajstić information content (AvgIpc) is 3.51. The van der Waals surface area contributed by atoms with Crippen LogP contribution in [0.4, 0.5) is 0 Å². The van der Waals surface area contributed by atoms with Crippen LogP contribution in [0.25, 0.3) is 0 Å². The highest BCUT2D eigenvalue weighted by Crippen LogP contribution is 2.41. The van der Waals surface area contributed by atoms with Crippen LogP contribution in [0.1, 0.15) is 48.9 Å². The molecular weight excluding hydrogens is 318 g/mol. The Morgan fingerprint density at radius 2 is 2.04 bits per heavy atom. The van der Waals surface area contributed by atoms with E-state index in [1.165, 1.54) is 36.8 Å². The van der Waals surface area contributed by atoms with Crippen LogP contribution in [0.3, 0.4) is 0 Å². The van der Waals surface area contributed by atoms with Crippen molar-refractivity contribution in [3.8, 4) is 0 Å². The predicted octanol–water partition coefficient (Wildman–Crippen LogP) is 3.89. The Labute approximate surface area is 147 Å². The Kier molecular flexibility index (Phi) is 4.35. The molecule has 2 aliphatic carbocycles. The lowest BCUT2D eigenvalue weighted by Crippen LogP contribution is -2.31. The third-order valence-electron chi connectivity index (χ3n) is 4.75. The van der Waals surface area contributed by atoms with Crippen LogP contribution >= 0.6 is 11.8 Å². The number of aromatic nitrogens is 2. The number of amides is 1. The molecule has 2 saturated carbocycles. The van der Waals surface area contributed by atoms with Crippen LogP contribution in [0.2, 0.25) is 0 Å². The van der Waals surface area contributed by atoms with E-state index in [0.29, 0.717) is 17.7 Å². The van der Waals surface area contributed by atoms with E-state index in [2.05, 4.69) is 46.1 Å². The quantitative estimate of drug-likeness (QED) is 0.777. The van der Waals surface area contributed by atoms with Crippen LogP contribution in [-0.4, -0.2) is 21.2 Å². The summed E-state index contributed by atoms with van der Waals surface area (Å²) in [6.07, 6.45) is 8.73. The minimum absolute atomic E-state index is 0.0998. The van der Waals surface area contributed by atoms with Crippen molar-refractivity contribution in [1.29, 1.82) is 0 Å². The third kappa shape index (κ3) is 3.66. The first-order valence-electron chi connectivity index (χ1n) is 8.72. The van der Waals surface area contributed by atoms with E-state index >= 15 is 0 Å². The fourth-order valence-electron chi connectivity index (χ4n) is 3.06. The molecule has 1 heterocycles. The van der Waals surface area contributed by atoms with Crippen molar-refractivity contribution >= 4 is 17.7 Å². The van der Waals surface area contributed by atoms with Crippen molar-refractivity contribution in [3.63, 3.8) is 0 Å². The van der Waals surface area contributed by atoms with Gasteiger partial charge in [-0.3, -0.25) is 4.79 Å². The number of nitrogens with zero attached hydrogens (tertiary/aromatic N) is 2. The standard InChI is InChI=1S/C19H23N3OS/c1-13-2-4-14(5-3-13)18(15-6-7-15)21-17(23)12-24-19-20-10-11-22(19)16-8-9-16/h2-5,10-11,15-16,18H,6-9,12H2,1H3,(H,21,23). The van der Waals surface area contributed by atoms with Gasteiger partial charge >= 0.3 is 0 Å². The molecule has 1 atom stereocenters. The van der Waals surface area contributed by atoms with E-state index in [9.17, 15) is 4.79 Å². The molecule has 0 spiro atoms. The van der Waals surface area contributed by atoms with Gasteiger partial charge in [0.25, 0.3) is 0 Å². The maximum absolute atomic E-state index is 12.4. The molecule has 2 aliphatic rings. The highest BCUT2D eigenvalue weighted by molar-refractivity contribution is 7.99. The highest BCUT2D eigenvalue weighted by Gasteiger charge is 2.33. The molecule has 1 N–H and O–H groups in total. The topological polar surface area (TPSA) is 46.9 Å². The number of thioether (sulfide) groups is 1. The number of hydrogen-bond acceptors (Lipinski definition) is 3. The summed E-state index contributed by atoms with van der Waals surface area (Å²) in [5.74, 6) is 1.12. The molecular formula is C19H23N3OS. The zero-order chi connectivity index (χ0) is 16.5. The Hall–Kier alpha value is -1.75. The van der Waals surface area contributed by atoms with Gasteiger partial charge in [0.15, 0.2) is 5.16 Å². The van der Waals surface area contributed by atoms with E-state index in [4.69, 9.17) is 0 Å². The third-order valence-corrected chi connectivity index (χ3v) is 5.73. The van der Waals surface area contributed by atoms with Crippen molar-refractivity contribution in [3.05, 3.63) is 47.8 Å². The average molecular weight is 341 g/mol. The van der Waals surface area contributed by atoms with Crippen molar-refractivity contribution < 1.29 is 4.79 Å². The number of rotatable bonds is 7. The Balaban J connectivity index is 1.36. The molecule has 126 valence electrons. The number of aryl methyl sites for hydroxylation is 1. The maximum atomic E-state index is 12.4. The molecule has 4 nitrogen and oxygen atoms in total. The molecule has 0 bridgehead atoms. The van der Waals surface area contributed by atoms with Gasteiger partial charge in [-0.2, -0.15) is 0 Å². The van der Waals surface area contributed by atoms with Crippen molar-refractivity contribution in [2.45, 2.75) is 49.8 Å². The lowest BCUT2D eigenvalue weighted by atomic mass is 10.0. The Morgan fingerprint density at radius 3 is 2.71 bits per heavy atom. The number of benzene rings is 1. The summed E-state index contributed by atoms with van der Waals surface area (Å²) < 4.78 is 2.20. The second kappa shape index (κ2) is 6.63. The zero-order valence-corrected chi connectivity index (χ0v) is 14.8. The first-order chi connectivity index (χ1) is 11.7. The molecule has 1 aromatic carbocycles. The molecule has 5 heteroatoms. The largest absolute Gasteiger partial charge is 0.348 e. The lowest BCUT2D eigenvalue weighted by molar-refractivity contribution is -0.119. The number of nitrogens with one attached hydrogen (secondary N) is 1. The number of hydrogen-bond donors (Lipinski definition) is 1. The summed E-state index contributed by atoms with van der Waals surface area (Å²) in [6, 6.07) is 9.29. The van der Waals surface area contributed by atoms with Crippen molar-refractivity contribution in [2.24, 2.45) is 5.92 Å². The molecule has 1 unspecified atom stereocenters. The van der Waals surface area contributed by atoms with E-state index < -0.39 is 0 Å². The summed E-state index contributed by atoms with van der Waals surface area (Å²) >= 11 is 1.54. The first kappa shape index (κ1) is 15.8. The summed E-state index contributed by atoms with van der Waals surface area (Å²) in [4.78, 5) is 16.8. The van der Waals surface area contributed by atoms with Crippen LogP contribution < -0.4 is 5.32 Å². The molecule has 4 rings (SSSR count). The van der Waals surface area contributed by atoms with Gasteiger partial charge in [0.2, 0.25) is 5.91 Å². The molecule has 0 aliphatic heterocycles. The second-order valence-corrected chi connectivity index (χ2v) is 7.87.